The Balaban J connectivity index is 1.52. The van der Waals surface area contributed by atoms with Crippen LogP contribution in [0, 0.1) is 17.0 Å². The highest BCUT2D eigenvalue weighted by atomic mass is 32.1. The van der Waals surface area contributed by atoms with Crippen molar-refractivity contribution in [1.29, 1.82) is 0 Å². The molecule has 3 heterocycles. The maximum Gasteiger partial charge on any atom is 0.270 e. The molecule has 0 spiro atoms. The lowest BCUT2D eigenvalue weighted by molar-refractivity contribution is -0.384. The molecular formula is C20H13N5O3S. The lowest BCUT2D eigenvalue weighted by Crippen LogP contribution is -1.91. The van der Waals surface area contributed by atoms with Crippen LogP contribution >= 0.6 is 11.3 Å². The summed E-state index contributed by atoms with van der Waals surface area (Å²) in [4.78, 5) is 11.1. The van der Waals surface area contributed by atoms with Gasteiger partial charge in [-0.25, -0.2) is 0 Å². The van der Waals surface area contributed by atoms with E-state index >= 15 is 0 Å². The number of rotatable bonds is 4. The average molecular weight is 403 g/mol. The summed E-state index contributed by atoms with van der Waals surface area (Å²) in [6.45, 7) is 1.98. The van der Waals surface area contributed by atoms with Crippen molar-refractivity contribution >= 4 is 45.1 Å². The van der Waals surface area contributed by atoms with Crippen molar-refractivity contribution in [2.75, 3.05) is 0 Å². The van der Waals surface area contributed by atoms with Gasteiger partial charge in [-0.2, -0.15) is 9.61 Å². The molecule has 5 aromatic rings. The molecule has 142 valence electrons. The second-order valence-corrected chi connectivity index (χ2v) is 7.38. The number of hydrogen-bond acceptors (Lipinski definition) is 7. The van der Waals surface area contributed by atoms with Gasteiger partial charge < -0.3 is 4.42 Å². The molecule has 0 saturated carbocycles. The van der Waals surface area contributed by atoms with Gasteiger partial charge in [0.15, 0.2) is 5.76 Å². The van der Waals surface area contributed by atoms with E-state index in [1.165, 1.54) is 23.5 Å². The quantitative estimate of drug-likeness (QED) is 0.310. The van der Waals surface area contributed by atoms with Crippen molar-refractivity contribution in [3.05, 3.63) is 74.8 Å². The Hall–Kier alpha value is -3.85. The molecule has 0 bridgehead atoms. The Morgan fingerprint density at radius 1 is 1.14 bits per heavy atom. The maximum absolute atomic E-state index is 10.9. The number of furan rings is 1. The number of aromatic nitrogens is 4. The van der Waals surface area contributed by atoms with E-state index < -0.39 is 4.92 Å². The average Bonchev–Trinajstić information content (AvgIpc) is 3.40. The highest BCUT2D eigenvalue weighted by Crippen LogP contribution is 2.32. The van der Waals surface area contributed by atoms with Crippen LogP contribution in [0.5, 0.6) is 0 Å². The Morgan fingerprint density at radius 3 is 2.83 bits per heavy atom. The number of para-hydroxylation sites is 1. The molecule has 0 saturated heterocycles. The summed E-state index contributed by atoms with van der Waals surface area (Å²) in [5.74, 6) is 1.18. The first-order valence-electron chi connectivity index (χ1n) is 8.73. The van der Waals surface area contributed by atoms with Gasteiger partial charge in [0.25, 0.3) is 5.69 Å². The summed E-state index contributed by atoms with van der Waals surface area (Å²) < 4.78 is 7.64. The Labute approximate surface area is 167 Å². The van der Waals surface area contributed by atoms with Crippen LogP contribution in [0.3, 0.4) is 0 Å². The summed E-state index contributed by atoms with van der Waals surface area (Å²) >= 11 is 1.37. The van der Waals surface area contributed by atoms with E-state index in [1.54, 1.807) is 28.8 Å². The fraction of sp³-hybridized carbons (Fsp3) is 0.0500. The van der Waals surface area contributed by atoms with Gasteiger partial charge >= 0.3 is 0 Å². The van der Waals surface area contributed by atoms with Crippen molar-refractivity contribution in [2.45, 2.75) is 6.92 Å². The third kappa shape index (κ3) is 2.97. The van der Waals surface area contributed by atoms with Crippen LogP contribution in [0.1, 0.15) is 16.1 Å². The predicted molar refractivity (Wildman–Crippen MR) is 111 cm³/mol. The highest BCUT2D eigenvalue weighted by Gasteiger charge is 2.19. The number of aryl methyl sites for hydroxylation is 1. The standard InChI is InChI=1S/C20H13N5O3S/c1-12-15-7-2-3-8-16(15)28-18(12)19-21-22-20-24(19)23-17(29-20)10-9-13-5-4-6-14(11-13)25(26)27/h2-11H,1H3/b10-9+. The van der Waals surface area contributed by atoms with Crippen molar-refractivity contribution in [2.24, 2.45) is 0 Å². The topological polar surface area (TPSA) is 99.4 Å². The first-order chi connectivity index (χ1) is 14.1. The SMILES string of the molecule is Cc1c(-c2nnc3sc(/C=C/c4cccc([N+](=O)[O-])c4)nn23)oc2ccccc12. The molecule has 0 atom stereocenters. The normalized spacial score (nSPS) is 11.8. The van der Waals surface area contributed by atoms with E-state index in [1.807, 2.05) is 31.2 Å². The van der Waals surface area contributed by atoms with E-state index in [0.29, 0.717) is 21.6 Å². The third-order valence-electron chi connectivity index (χ3n) is 4.55. The minimum absolute atomic E-state index is 0.0490. The van der Waals surface area contributed by atoms with Gasteiger partial charge in [0.05, 0.1) is 4.92 Å². The largest absolute Gasteiger partial charge is 0.452 e. The number of non-ortho nitro benzene ring substituents is 1. The first kappa shape index (κ1) is 17.3. The molecule has 29 heavy (non-hydrogen) atoms. The Bertz CT molecular complexity index is 1410. The smallest absolute Gasteiger partial charge is 0.270 e. The van der Waals surface area contributed by atoms with Crippen molar-refractivity contribution in [3.8, 4) is 11.6 Å². The summed E-state index contributed by atoms with van der Waals surface area (Å²) in [6, 6.07) is 14.2. The fourth-order valence-electron chi connectivity index (χ4n) is 3.14. The fourth-order valence-corrected chi connectivity index (χ4v) is 3.88. The van der Waals surface area contributed by atoms with Crippen LogP contribution in [0.4, 0.5) is 5.69 Å². The predicted octanol–water partition coefficient (Wildman–Crippen LogP) is 4.99. The van der Waals surface area contributed by atoms with Gasteiger partial charge in [0.2, 0.25) is 10.8 Å². The molecule has 5 rings (SSSR count). The van der Waals surface area contributed by atoms with E-state index in [9.17, 15) is 10.1 Å². The van der Waals surface area contributed by atoms with Gasteiger partial charge in [-0.05, 0) is 24.6 Å². The lowest BCUT2D eigenvalue weighted by Gasteiger charge is -1.94. The molecule has 3 aromatic heterocycles. The molecule has 0 aliphatic heterocycles. The van der Waals surface area contributed by atoms with Crippen molar-refractivity contribution in [1.82, 2.24) is 19.8 Å². The molecule has 0 N–H and O–H groups in total. The zero-order valence-electron chi connectivity index (χ0n) is 15.1. The second kappa shape index (κ2) is 6.64. The van der Waals surface area contributed by atoms with Crippen LogP contribution in [-0.2, 0) is 0 Å². The van der Waals surface area contributed by atoms with Crippen LogP contribution in [-0.4, -0.2) is 24.7 Å². The molecule has 2 aromatic carbocycles. The second-order valence-electron chi connectivity index (χ2n) is 6.40. The van der Waals surface area contributed by atoms with Gasteiger partial charge in [-0.3, -0.25) is 10.1 Å². The van der Waals surface area contributed by atoms with E-state index in [0.717, 1.165) is 22.1 Å². The number of fused-ring (bicyclic) bond motifs is 2. The molecular weight excluding hydrogens is 390 g/mol. The van der Waals surface area contributed by atoms with E-state index in [-0.39, 0.29) is 5.69 Å². The summed E-state index contributed by atoms with van der Waals surface area (Å²) in [5.41, 5.74) is 2.54. The van der Waals surface area contributed by atoms with Gasteiger partial charge in [-0.1, -0.05) is 47.7 Å². The summed E-state index contributed by atoms with van der Waals surface area (Å²) in [5, 5.41) is 25.7. The summed E-state index contributed by atoms with van der Waals surface area (Å²) in [6.07, 6.45) is 3.58. The highest BCUT2D eigenvalue weighted by molar-refractivity contribution is 7.17. The number of nitro benzene ring substituents is 1. The van der Waals surface area contributed by atoms with Gasteiger partial charge in [0.1, 0.15) is 10.6 Å². The van der Waals surface area contributed by atoms with Gasteiger partial charge in [0, 0.05) is 23.1 Å². The lowest BCUT2D eigenvalue weighted by atomic mass is 10.1. The Morgan fingerprint density at radius 2 is 2.00 bits per heavy atom. The zero-order valence-corrected chi connectivity index (χ0v) is 16.0. The molecule has 9 heteroatoms. The molecule has 0 unspecified atom stereocenters. The molecule has 8 nitrogen and oxygen atoms in total. The van der Waals surface area contributed by atoms with Crippen molar-refractivity contribution < 1.29 is 9.34 Å². The minimum Gasteiger partial charge on any atom is -0.452 e. The number of nitro groups is 1. The van der Waals surface area contributed by atoms with Crippen LogP contribution in [0.15, 0.2) is 52.9 Å². The molecule has 0 radical (unpaired) electrons. The maximum atomic E-state index is 10.9. The zero-order chi connectivity index (χ0) is 20.0. The molecule has 0 amide bonds. The molecule has 0 aliphatic carbocycles. The summed E-state index contributed by atoms with van der Waals surface area (Å²) in [7, 11) is 0. The van der Waals surface area contributed by atoms with Crippen LogP contribution in [0.25, 0.3) is 39.7 Å². The van der Waals surface area contributed by atoms with E-state index in [4.69, 9.17) is 4.42 Å². The first-order valence-corrected chi connectivity index (χ1v) is 9.55. The minimum atomic E-state index is -0.414. The monoisotopic (exact) mass is 403 g/mol. The number of hydrogen-bond donors (Lipinski definition) is 0. The molecule has 0 aliphatic rings. The number of nitrogens with zero attached hydrogens (tertiary/aromatic N) is 5. The van der Waals surface area contributed by atoms with Crippen LogP contribution < -0.4 is 0 Å². The molecule has 0 fully saturated rings. The van der Waals surface area contributed by atoms with E-state index in [2.05, 4.69) is 15.3 Å². The van der Waals surface area contributed by atoms with Crippen molar-refractivity contribution in [3.63, 3.8) is 0 Å². The number of benzene rings is 2. The third-order valence-corrected chi connectivity index (χ3v) is 5.42. The Kier molecular flexibility index (Phi) is 3.95. The van der Waals surface area contributed by atoms with Gasteiger partial charge in [-0.15, -0.1) is 10.2 Å². The van der Waals surface area contributed by atoms with Crippen LogP contribution in [0.2, 0.25) is 0 Å².